The van der Waals surface area contributed by atoms with Crippen molar-refractivity contribution in [1.82, 2.24) is 0 Å². The topological polar surface area (TPSA) is 64.5 Å². The van der Waals surface area contributed by atoms with Crippen LogP contribution in [0, 0.1) is 13.8 Å². The summed E-state index contributed by atoms with van der Waals surface area (Å²) in [5, 5.41) is 25.9. The first-order valence-corrected chi connectivity index (χ1v) is 7.13. The molecule has 0 aromatic heterocycles. The molecule has 0 bridgehead atoms. The second kappa shape index (κ2) is 6.88. The van der Waals surface area contributed by atoms with Crippen LogP contribution in [-0.4, -0.2) is 23.3 Å². The molecule has 0 fully saturated rings. The van der Waals surface area contributed by atoms with Gasteiger partial charge in [-0.3, -0.25) is 0 Å². The Kier molecular flexibility index (Phi) is 4.93. The van der Waals surface area contributed by atoms with Gasteiger partial charge < -0.3 is 20.8 Å². The van der Waals surface area contributed by atoms with Gasteiger partial charge in [0.15, 0.2) is 0 Å². The van der Waals surface area contributed by atoms with Crippen LogP contribution >= 0.6 is 0 Å². The van der Waals surface area contributed by atoms with E-state index in [9.17, 15) is 10.2 Å². The Bertz CT molecular complexity index is 558. The summed E-state index contributed by atoms with van der Waals surface area (Å²) in [6, 6.07) is 11.0. The van der Waals surface area contributed by atoms with E-state index in [1.165, 1.54) is 0 Å². The van der Waals surface area contributed by atoms with Crippen LogP contribution in [0.1, 0.15) is 17.5 Å². The van der Waals surface area contributed by atoms with Crippen LogP contribution in [0.2, 0.25) is 0 Å². The van der Waals surface area contributed by atoms with Gasteiger partial charge in [-0.05, 0) is 55.7 Å². The molecule has 0 heterocycles. The predicted molar refractivity (Wildman–Crippen MR) is 87.3 cm³/mol. The first-order valence-electron chi connectivity index (χ1n) is 7.13. The molecule has 2 aromatic rings. The first-order chi connectivity index (χ1) is 10.1. The van der Waals surface area contributed by atoms with Crippen LogP contribution in [0.15, 0.2) is 36.4 Å². The van der Waals surface area contributed by atoms with Crippen molar-refractivity contribution in [2.24, 2.45) is 0 Å². The summed E-state index contributed by atoms with van der Waals surface area (Å²) in [6.07, 6.45) is 0.876. The van der Waals surface area contributed by atoms with E-state index in [0.29, 0.717) is 0 Å². The van der Waals surface area contributed by atoms with Crippen LogP contribution < -0.4 is 10.6 Å². The van der Waals surface area contributed by atoms with Gasteiger partial charge in [0.05, 0.1) is 11.4 Å². The molecule has 0 saturated heterocycles. The molecular formula is C17H22N2O2. The molecule has 2 aromatic carbocycles. The molecule has 0 amide bonds. The van der Waals surface area contributed by atoms with Crippen molar-refractivity contribution < 1.29 is 10.2 Å². The third-order valence-electron chi connectivity index (χ3n) is 3.29. The average molecular weight is 286 g/mol. The lowest BCUT2D eigenvalue weighted by Gasteiger charge is -2.11. The monoisotopic (exact) mass is 286 g/mol. The van der Waals surface area contributed by atoms with Gasteiger partial charge in [0.25, 0.3) is 0 Å². The number of anilines is 2. The number of phenols is 2. The smallest absolute Gasteiger partial charge is 0.138 e. The molecule has 2 rings (SSSR count). The second-order valence-corrected chi connectivity index (χ2v) is 5.25. The Labute approximate surface area is 125 Å². The zero-order valence-corrected chi connectivity index (χ0v) is 12.5. The van der Waals surface area contributed by atoms with Crippen molar-refractivity contribution in [1.29, 1.82) is 0 Å². The quantitative estimate of drug-likeness (QED) is 0.484. The van der Waals surface area contributed by atoms with Gasteiger partial charge in [0, 0.05) is 13.1 Å². The highest BCUT2D eigenvalue weighted by Gasteiger charge is 2.02. The molecule has 0 unspecified atom stereocenters. The second-order valence-electron chi connectivity index (χ2n) is 5.25. The number of rotatable bonds is 6. The van der Waals surface area contributed by atoms with Crippen molar-refractivity contribution in [2.75, 3.05) is 23.7 Å². The van der Waals surface area contributed by atoms with E-state index in [0.717, 1.165) is 42.0 Å². The standard InChI is InChI=1S/C17H22N2O2/c1-12-4-6-16(20)14(10-12)18-8-3-9-19-15-11-13(2)5-7-17(15)21/h4-7,10-11,18-21H,3,8-9H2,1-2H3. The SMILES string of the molecule is Cc1ccc(O)c(NCCCNc2cc(C)ccc2O)c1. The molecule has 21 heavy (non-hydrogen) atoms. The molecule has 0 saturated carbocycles. The number of nitrogens with one attached hydrogen (secondary N) is 2. The maximum absolute atomic E-state index is 9.73. The summed E-state index contributed by atoms with van der Waals surface area (Å²) < 4.78 is 0. The number of aromatic hydroxyl groups is 2. The van der Waals surface area contributed by atoms with E-state index < -0.39 is 0 Å². The van der Waals surface area contributed by atoms with E-state index in [-0.39, 0.29) is 11.5 Å². The van der Waals surface area contributed by atoms with E-state index in [1.54, 1.807) is 12.1 Å². The third-order valence-corrected chi connectivity index (χ3v) is 3.29. The average Bonchev–Trinajstić information content (AvgIpc) is 2.45. The third kappa shape index (κ3) is 4.31. The minimum absolute atomic E-state index is 0.268. The molecule has 0 aliphatic rings. The maximum atomic E-state index is 9.73. The molecule has 0 aliphatic carbocycles. The number of aryl methyl sites for hydroxylation is 2. The predicted octanol–water partition coefficient (Wildman–Crippen LogP) is 3.63. The first kappa shape index (κ1) is 15.0. The van der Waals surface area contributed by atoms with Crippen LogP contribution in [-0.2, 0) is 0 Å². The minimum Gasteiger partial charge on any atom is -0.506 e. The molecule has 0 radical (unpaired) electrons. The zero-order chi connectivity index (χ0) is 15.2. The lowest BCUT2D eigenvalue weighted by Crippen LogP contribution is -2.09. The Balaban J connectivity index is 1.77. The minimum atomic E-state index is 0.268. The Morgan fingerprint density at radius 2 is 1.19 bits per heavy atom. The fourth-order valence-corrected chi connectivity index (χ4v) is 2.12. The number of benzene rings is 2. The molecule has 4 nitrogen and oxygen atoms in total. The molecular weight excluding hydrogens is 264 g/mol. The Morgan fingerprint density at radius 3 is 1.62 bits per heavy atom. The largest absolute Gasteiger partial charge is 0.506 e. The van der Waals surface area contributed by atoms with Crippen molar-refractivity contribution in [3.8, 4) is 11.5 Å². The maximum Gasteiger partial charge on any atom is 0.138 e. The molecule has 0 spiro atoms. The fourth-order valence-electron chi connectivity index (χ4n) is 2.12. The van der Waals surface area contributed by atoms with Crippen molar-refractivity contribution in [2.45, 2.75) is 20.3 Å². The number of phenolic OH excluding ortho intramolecular Hbond substituents is 2. The fraction of sp³-hybridized carbons (Fsp3) is 0.294. The van der Waals surface area contributed by atoms with Gasteiger partial charge in [-0.2, -0.15) is 0 Å². The number of hydrogen-bond acceptors (Lipinski definition) is 4. The van der Waals surface area contributed by atoms with E-state index in [2.05, 4.69) is 10.6 Å². The van der Waals surface area contributed by atoms with Gasteiger partial charge in [0.2, 0.25) is 0 Å². The van der Waals surface area contributed by atoms with Gasteiger partial charge in [-0.25, -0.2) is 0 Å². The van der Waals surface area contributed by atoms with Crippen molar-refractivity contribution in [3.63, 3.8) is 0 Å². The lowest BCUT2D eigenvalue weighted by atomic mass is 10.2. The summed E-state index contributed by atoms with van der Waals surface area (Å²) in [7, 11) is 0. The van der Waals surface area contributed by atoms with E-state index >= 15 is 0 Å². The van der Waals surface area contributed by atoms with Crippen LogP contribution in [0.25, 0.3) is 0 Å². The molecule has 112 valence electrons. The van der Waals surface area contributed by atoms with E-state index in [1.807, 2.05) is 38.1 Å². The van der Waals surface area contributed by atoms with Crippen molar-refractivity contribution in [3.05, 3.63) is 47.5 Å². The molecule has 4 heteroatoms. The van der Waals surface area contributed by atoms with E-state index in [4.69, 9.17) is 0 Å². The van der Waals surface area contributed by atoms with Crippen LogP contribution in [0.4, 0.5) is 11.4 Å². The summed E-state index contributed by atoms with van der Waals surface area (Å²) in [6.45, 7) is 5.48. The molecule has 0 atom stereocenters. The van der Waals surface area contributed by atoms with Gasteiger partial charge in [0.1, 0.15) is 11.5 Å². The number of hydrogen-bond donors (Lipinski definition) is 4. The summed E-state index contributed by atoms with van der Waals surface area (Å²) >= 11 is 0. The van der Waals surface area contributed by atoms with Gasteiger partial charge in [-0.1, -0.05) is 12.1 Å². The highest BCUT2D eigenvalue weighted by Crippen LogP contribution is 2.24. The summed E-state index contributed by atoms with van der Waals surface area (Å²) in [5.41, 5.74) is 3.73. The molecule has 4 N–H and O–H groups in total. The van der Waals surface area contributed by atoms with Crippen molar-refractivity contribution >= 4 is 11.4 Å². The Hall–Kier alpha value is -2.36. The summed E-state index contributed by atoms with van der Waals surface area (Å²) in [5.74, 6) is 0.537. The molecule has 0 aliphatic heterocycles. The van der Waals surface area contributed by atoms with Gasteiger partial charge >= 0.3 is 0 Å². The zero-order valence-electron chi connectivity index (χ0n) is 12.5. The highest BCUT2D eigenvalue weighted by molar-refractivity contribution is 5.58. The normalized spacial score (nSPS) is 10.4. The summed E-state index contributed by atoms with van der Waals surface area (Å²) in [4.78, 5) is 0. The van der Waals surface area contributed by atoms with Crippen LogP contribution in [0.5, 0.6) is 11.5 Å². The lowest BCUT2D eigenvalue weighted by molar-refractivity contribution is 0.477. The van der Waals surface area contributed by atoms with Crippen LogP contribution in [0.3, 0.4) is 0 Å². The highest BCUT2D eigenvalue weighted by atomic mass is 16.3. The van der Waals surface area contributed by atoms with Gasteiger partial charge in [-0.15, -0.1) is 0 Å². The Morgan fingerprint density at radius 1 is 0.762 bits per heavy atom.